The number of aryl methyl sites for hydroxylation is 1. The molecule has 43 heavy (non-hydrogen) atoms. The maximum absolute atomic E-state index is 14.2. The molecule has 0 bridgehead atoms. The van der Waals surface area contributed by atoms with E-state index < -0.39 is 26.8 Å². The number of hydrogen-bond donors (Lipinski definition) is 1. The zero-order valence-electron chi connectivity index (χ0n) is 23.9. The van der Waals surface area contributed by atoms with Crippen LogP contribution in [-0.4, -0.2) is 62.5 Å². The third-order valence-corrected chi connectivity index (χ3v) is 10.2. The van der Waals surface area contributed by atoms with Crippen molar-refractivity contribution in [1.82, 2.24) is 9.88 Å². The molecular weight excluding hydrogens is 574 g/mol. The second kappa shape index (κ2) is 13.1. The molecular formula is C32H34F2N4O4S. The van der Waals surface area contributed by atoms with E-state index >= 15 is 0 Å². The summed E-state index contributed by atoms with van der Waals surface area (Å²) in [7, 11) is -3.05. The zero-order valence-corrected chi connectivity index (χ0v) is 24.7. The number of allylic oxidation sites excluding steroid dienone is 3. The van der Waals surface area contributed by atoms with Crippen LogP contribution in [0.5, 0.6) is 0 Å². The smallest absolute Gasteiger partial charge is 0.291 e. The second-order valence-corrected chi connectivity index (χ2v) is 13.5. The van der Waals surface area contributed by atoms with Gasteiger partial charge in [-0.05, 0) is 69.1 Å². The molecule has 226 valence electrons. The van der Waals surface area contributed by atoms with E-state index in [9.17, 15) is 22.6 Å². The molecule has 5 rings (SSSR count). The molecule has 3 aromatic rings. The van der Waals surface area contributed by atoms with Gasteiger partial charge in [-0.3, -0.25) is 19.5 Å². The second-order valence-electron chi connectivity index (χ2n) is 10.9. The number of anilines is 1. The van der Waals surface area contributed by atoms with Crippen molar-refractivity contribution in [2.45, 2.75) is 43.8 Å². The Morgan fingerprint density at radius 2 is 2.05 bits per heavy atom. The lowest BCUT2D eigenvalue weighted by atomic mass is 10.1. The van der Waals surface area contributed by atoms with Crippen molar-refractivity contribution >= 4 is 27.2 Å². The third kappa shape index (κ3) is 7.71. The third-order valence-electron chi connectivity index (χ3n) is 7.54. The van der Waals surface area contributed by atoms with Gasteiger partial charge in [0, 0.05) is 41.4 Å². The quantitative estimate of drug-likeness (QED) is 0.297. The van der Waals surface area contributed by atoms with Gasteiger partial charge in [0.2, 0.25) is 0 Å². The van der Waals surface area contributed by atoms with Crippen LogP contribution in [0.1, 0.15) is 52.2 Å². The van der Waals surface area contributed by atoms with Crippen molar-refractivity contribution < 1.29 is 27.0 Å². The fraction of sp³-hybridized carbons (Fsp3) is 0.344. The molecule has 11 heteroatoms. The van der Waals surface area contributed by atoms with Crippen LogP contribution >= 0.6 is 0 Å². The molecule has 1 N–H and O–H groups in total. The van der Waals surface area contributed by atoms with Crippen molar-refractivity contribution in [3.05, 3.63) is 96.2 Å². The number of aromatic nitrogens is 1. The number of carbonyl (C=O) groups excluding carboxylic acids is 2. The summed E-state index contributed by atoms with van der Waals surface area (Å²) in [6.07, 6.45) is 12.9. The molecule has 1 aliphatic carbocycles. The predicted molar refractivity (Wildman–Crippen MR) is 163 cm³/mol. The molecule has 0 radical (unpaired) electrons. The Bertz CT molecular complexity index is 1670. The number of nitrogens with zero attached hydrogens (tertiary/aromatic N) is 3. The van der Waals surface area contributed by atoms with E-state index in [1.807, 2.05) is 18.2 Å². The molecule has 3 heterocycles. The van der Waals surface area contributed by atoms with Gasteiger partial charge >= 0.3 is 0 Å². The summed E-state index contributed by atoms with van der Waals surface area (Å²) >= 11 is 0. The van der Waals surface area contributed by atoms with Crippen LogP contribution in [0, 0.1) is 6.92 Å². The fourth-order valence-electron chi connectivity index (χ4n) is 5.31. The summed E-state index contributed by atoms with van der Waals surface area (Å²) in [6, 6.07) is 10.4. The summed E-state index contributed by atoms with van der Waals surface area (Å²) in [6.45, 7) is 2.42. The van der Waals surface area contributed by atoms with E-state index in [4.69, 9.17) is 4.42 Å². The summed E-state index contributed by atoms with van der Waals surface area (Å²) in [5, 5.41) is 2.35. The molecule has 2 aromatic heterocycles. The van der Waals surface area contributed by atoms with Crippen LogP contribution in [0.3, 0.4) is 0 Å². The molecule has 1 aromatic carbocycles. The van der Waals surface area contributed by atoms with Gasteiger partial charge in [-0.15, -0.1) is 0 Å². The van der Waals surface area contributed by atoms with Crippen LogP contribution in [0.25, 0.3) is 11.1 Å². The number of alkyl halides is 2. The first kappa shape index (κ1) is 30.5. The van der Waals surface area contributed by atoms with Gasteiger partial charge in [0.25, 0.3) is 17.7 Å². The Balaban J connectivity index is 1.34. The van der Waals surface area contributed by atoms with Gasteiger partial charge in [-0.25, -0.2) is 13.0 Å². The Morgan fingerprint density at radius 1 is 1.19 bits per heavy atom. The van der Waals surface area contributed by atoms with Crippen molar-refractivity contribution in [3.63, 3.8) is 0 Å². The Kier molecular flexibility index (Phi) is 9.31. The minimum absolute atomic E-state index is 0.111. The maximum Gasteiger partial charge on any atom is 0.291 e. The lowest BCUT2D eigenvalue weighted by Crippen LogP contribution is -2.43. The van der Waals surface area contributed by atoms with Crippen molar-refractivity contribution in [2.75, 3.05) is 30.7 Å². The Labute approximate surface area is 250 Å². The topological polar surface area (TPSA) is 105 Å². The van der Waals surface area contributed by atoms with Gasteiger partial charge in [-0.2, -0.15) is 4.36 Å². The molecule has 0 saturated carbocycles. The highest BCUT2D eigenvalue weighted by atomic mass is 32.2. The first-order chi connectivity index (χ1) is 20.6. The highest BCUT2D eigenvalue weighted by Gasteiger charge is 2.35. The normalized spacial score (nSPS) is 19.5. The molecule has 8 nitrogen and oxygen atoms in total. The van der Waals surface area contributed by atoms with Crippen LogP contribution < -0.4 is 5.32 Å². The Hall–Kier alpha value is -3.96. The average Bonchev–Trinajstić information content (AvgIpc) is 3.43. The number of carbonyl (C=O) groups is 2. The number of benzene rings is 1. The van der Waals surface area contributed by atoms with Crippen molar-refractivity contribution in [2.24, 2.45) is 4.36 Å². The maximum atomic E-state index is 14.2. The highest BCUT2D eigenvalue weighted by molar-refractivity contribution is 7.94. The number of piperidine rings is 1. The molecule has 2 atom stereocenters. The molecule has 1 fully saturated rings. The van der Waals surface area contributed by atoms with Crippen molar-refractivity contribution in [3.8, 4) is 11.1 Å². The first-order valence-corrected chi connectivity index (χ1v) is 16.0. The lowest BCUT2D eigenvalue weighted by molar-refractivity contribution is -0.0636. The van der Waals surface area contributed by atoms with Gasteiger partial charge in [0.15, 0.2) is 5.76 Å². The van der Waals surface area contributed by atoms with E-state index in [2.05, 4.69) is 14.7 Å². The molecule has 1 unspecified atom stereocenters. The van der Waals surface area contributed by atoms with Gasteiger partial charge in [0.05, 0.1) is 33.4 Å². The number of likely N-dealkylation sites (tertiary alicyclic amines) is 1. The summed E-state index contributed by atoms with van der Waals surface area (Å²) in [5.41, 5.74) is 2.75. The number of hydrogen-bond acceptors (Lipinski definition) is 6. The van der Waals surface area contributed by atoms with E-state index in [1.54, 1.807) is 60.5 Å². The minimum Gasteiger partial charge on any atom is -0.459 e. The van der Waals surface area contributed by atoms with Gasteiger partial charge in [0.1, 0.15) is 0 Å². The zero-order chi connectivity index (χ0) is 30.5. The van der Waals surface area contributed by atoms with Crippen LogP contribution in [0.4, 0.5) is 14.5 Å². The number of halogens is 2. The summed E-state index contributed by atoms with van der Waals surface area (Å²) in [4.78, 5) is 31.9. The number of nitrogens with one attached hydrogen (secondary N) is 1. The van der Waals surface area contributed by atoms with Gasteiger partial charge < -0.3 is 9.73 Å². The van der Waals surface area contributed by atoms with Crippen LogP contribution in [0.15, 0.2) is 88.1 Å². The van der Waals surface area contributed by atoms with E-state index in [1.165, 1.54) is 12.5 Å². The molecule has 2 amide bonds. The fourth-order valence-corrected chi connectivity index (χ4v) is 7.51. The largest absolute Gasteiger partial charge is 0.459 e. The number of pyridine rings is 1. The molecule has 2 aliphatic rings. The highest BCUT2D eigenvalue weighted by Crippen LogP contribution is 2.28. The summed E-state index contributed by atoms with van der Waals surface area (Å²) < 4.78 is 51.5. The van der Waals surface area contributed by atoms with E-state index in [0.717, 1.165) is 5.56 Å². The van der Waals surface area contributed by atoms with Crippen molar-refractivity contribution in [1.29, 1.82) is 0 Å². The van der Waals surface area contributed by atoms with Crippen LogP contribution in [0.2, 0.25) is 0 Å². The predicted octanol–water partition coefficient (Wildman–Crippen LogP) is 6.52. The molecule has 0 spiro atoms. The van der Waals surface area contributed by atoms with Gasteiger partial charge in [-0.1, -0.05) is 36.4 Å². The number of amides is 2. The number of furan rings is 1. The Morgan fingerprint density at radius 3 is 2.79 bits per heavy atom. The lowest BCUT2D eigenvalue weighted by Gasteiger charge is -2.32. The average molecular weight is 609 g/mol. The minimum atomic E-state index is -3.05. The van der Waals surface area contributed by atoms with E-state index in [-0.39, 0.29) is 35.9 Å². The molecule has 1 aliphatic heterocycles. The van der Waals surface area contributed by atoms with E-state index in [0.29, 0.717) is 49.2 Å². The standard InChI is InChI=1S/C32H34F2N4O4S/c1-23-12-16-42-29(23)31(40)36-27-9-5-8-24(19-27)25-18-26(21-35-20-25)30(39)37-43(41,28-10-3-2-4-11-28)17-7-15-38-14-6-13-32(33,34)22-38/h2-5,8-10,12,16,18-21,28H,6-7,11,13-15,17,22H2,1H3,(H,36,40)/t28?,43-/m0/s1. The number of rotatable bonds is 9. The van der Waals surface area contributed by atoms with Crippen LogP contribution in [-0.2, 0) is 9.73 Å². The summed E-state index contributed by atoms with van der Waals surface area (Å²) in [5.74, 6) is -3.39. The first-order valence-electron chi connectivity index (χ1n) is 14.2. The SMILES string of the molecule is Cc1ccoc1C(=O)Nc1cccc(-c2cncc(C(=O)N=[S@](=O)(CCCN3CCCC(F)(F)C3)C3C=CC=CC3)c2)c1. The molecule has 1 saturated heterocycles. The monoisotopic (exact) mass is 608 g/mol.